The minimum atomic E-state index is 0.108. The predicted molar refractivity (Wildman–Crippen MR) is 60.5 cm³/mol. The van der Waals surface area contributed by atoms with Crippen molar-refractivity contribution in [2.75, 3.05) is 6.54 Å². The average molecular weight is 209 g/mol. The first-order valence-corrected chi connectivity index (χ1v) is 5.61. The lowest BCUT2D eigenvalue weighted by molar-refractivity contribution is -0.120. The van der Waals surface area contributed by atoms with Crippen LogP contribution in [0.5, 0.6) is 0 Å². The molecule has 2 nitrogen and oxygen atoms in total. The molecule has 14 heavy (non-hydrogen) atoms. The highest BCUT2D eigenvalue weighted by Crippen LogP contribution is 2.08. The Kier molecular flexibility index (Phi) is 5.00. The zero-order valence-corrected chi connectivity index (χ0v) is 9.14. The van der Waals surface area contributed by atoms with Crippen LogP contribution in [0.3, 0.4) is 0 Å². The third-order valence-corrected chi connectivity index (χ3v) is 2.66. The molecule has 0 fully saturated rings. The monoisotopic (exact) mass is 209 g/mol. The fraction of sp³-hybridized carbons (Fsp3) is 0.364. The third kappa shape index (κ3) is 4.23. The molecule has 0 saturated heterocycles. The summed E-state index contributed by atoms with van der Waals surface area (Å²) in [6, 6.07) is 3.95. The van der Waals surface area contributed by atoms with Gasteiger partial charge in [0.15, 0.2) is 0 Å². The summed E-state index contributed by atoms with van der Waals surface area (Å²) in [7, 11) is 0. The van der Waals surface area contributed by atoms with Crippen molar-refractivity contribution < 1.29 is 4.79 Å². The lowest BCUT2D eigenvalue weighted by atomic mass is 10.3. The summed E-state index contributed by atoms with van der Waals surface area (Å²) < 4.78 is 0. The lowest BCUT2D eigenvalue weighted by Crippen LogP contribution is -2.25. The van der Waals surface area contributed by atoms with E-state index < -0.39 is 0 Å². The lowest BCUT2D eigenvalue weighted by Gasteiger charge is -2.01. The van der Waals surface area contributed by atoms with Gasteiger partial charge in [0.05, 0.1) is 6.42 Å². The Morgan fingerprint density at radius 1 is 1.64 bits per heavy atom. The molecule has 76 valence electrons. The fourth-order valence-electron chi connectivity index (χ4n) is 1.10. The van der Waals surface area contributed by atoms with Crippen LogP contribution in [-0.2, 0) is 11.2 Å². The quantitative estimate of drug-likeness (QED) is 0.585. The Morgan fingerprint density at radius 3 is 3.14 bits per heavy atom. The third-order valence-electron chi connectivity index (χ3n) is 1.78. The first-order valence-electron chi connectivity index (χ1n) is 4.73. The number of rotatable bonds is 5. The van der Waals surface area contributed by atoms with E-state index in [1.807, 2.05) is 36.6 Å². The van der Waals surface area contributed by atoms with Gasteiger partial charge in [-0.15, -0.1) is 11.3 Å². The molecule has 3 heteroatoms. The van der Waals surface area contributed by atoms with Crippen LogP contribution < -0.4 is 5.32 Å². The van der Waals surface area contributed by atoms with Crippen LogP contribution in [0.1, 0.15) is 18.2 Å². The van der Waals surface area contributed by atoms with Crippen LogP contribution in [0.25, 0.3) is 0 Å². The largest absolute Gasteiger partial charge is 0.355 e. The van der Waals surface area contributed by atoms with Gasteiger partial charge in [-0.1, -0.05) is 18.2 Å². The number of carbonyl (C=O) groups excluding carboxylic acids is 1. The van der Waals surface area contributed by atoms with E-state index in [1.165, 1.54) is 0 Å². The highest BCUT2D eigenvalue weighted by molar-refractivity contribution is 7.10. The maximum atomic E-state index is 11.3. The van der Waals surface area contributed by atoms with Crippen molar-refractivity contribution in [3.63, 3.8) is 0 Å². The predicted octanol–water partition coefficient (Wildman–Crippen LogP) is 2.37. The zero-order valence-electron chi connectivity index (χ0n) is 8.32. The van der Waals surface area contributed by atoms with E-state index in [4.69, 9.17) is 0 Å². The van der Waals surface area contributed by atoms with E-state index in [9.17, 15) is 4.79 Å². The van der Waals surface area contributed by atoms with E-state index in [-0.39, 0.29) is 5.91 Å². The topological polar surface area (TPSA) is 29.1 Å². The molecular formula is C11H15NOS. The molecule has 0 unspecified atom stereocenters. The van der Waals surface area contributed by atoms with Gasteiger partial charge in [-0.05, 0) is 24.8 Å². The van der Waals surface area contributed by atoms with Gasteiger partial charge in [0.2, 0.25) is 5.91 Å². The Morgan fingerprint density at radius 2 is 2.50 bits per heavy atom. The molecule has 0 atom stereocenters. The van der Waals surface area contributed by atoms with Gasteiger partial charge < -0.3 is 5.32 Å². The van der Waals surface area contributed by atoms with E-state index in [0.717, 1.165) is 17.8 Å². The molecule has 0 saturated carbocycles. The standard InChI is InChI=1S/C11H15NOS/c1-2-3-4-7-12-11(13)9-10-6-5-8-14-10/h2-3,5-6,8H,4,7,9H2,1H3,(H,12,13)/b3-2+. The molecule has 0 aliphatic carbocycles. The molecule has 0 aliphatic heterocycles. The SMILES string of the molecule is C/C=C/CCNC(=O)Cc1cccs1. The van der Waals surface area contributed by atoms with Crippen LogP contribution >= 0.6 is 11.3 Å². The highest BCUT2D eigenvalue weighted by Gasteiger charge is 2.01. The summed E-state index contributed by atoms with van der Waals surface area (Å²) in [6.07, 6.45) is 5.46. The normalized spacial score (nSPS) is 10.6. The molecular weight excluding hydrogens is 194 g/mol. The van der Waals surface area contributed by atoms with Crippen molar-refractivity contribution in [1.29, 1.82) is 0 Å². The Balaban J connectivity index is 2.17. The summed E-state index contributed by atoms with van der Waals surface area (Å²) in [5.41, 5.74) is 0. The van der Waals surface area contributed by atoms with E-state index in [2.05, 4.69) is 5.32 Å². The summed E-state index contributed by atoms with van der Waals surface area (Å²) in [5, 5.41) is 4.86. The van der Waals surface area contributed by atoms with Crippen molar-refractivity contribution in [2.45, 2.75) is 19.8 Å². The summed E-state index contributed by atoms with van der Waals surface area (Å²) >= 11 is 1.62. The van der Waals surface area contributed by atoms with Crippen LogP contribution in [0.4, 0.5) is 0 Å². The number of nitrogens with one attached hydrogen (secondary N) is 1. The molecule has 1 heterocycles. The van der Waals surface area contributed by atoms with Crippen LogP contribution in [0, 0.1) is 0 Å². The van der Waals surface area contributed by atoms with Crippen molar-refractivity contribution >= 4 is 17.2 Å². The first kappa shape index (κ1) is 11.0. The second kappa shape index (κ2) is 6.38. The molecule has 0 aliphatic rings. The Labute approximate surface area is 88.6 Å². The molecule has 1 aromatic rings. The van der Waals surface area contributed by atoms with Gasteiger partial charge in [0.25, 0.3) is 0 Å². The molecule has 1 rings (SSSR count). The molecule has 0 spiro atoms. The van der Waals surface area contributed by atoms with E-state index >= 15 is 0 Å². The van der Waals surface area contributed by atoms with Crippen molar-refractivity contribution in [3.05, 3.63) is 34.5 Å². The Bertz CT molecular complexity index is 290. The zero-order chi connectivity index (χ0) is 10.2. The van der Waals surface area contributed by atoms with Crippen molar-refractivity contribution in [2.24, 2.45) is 0 Å². The van der Waals surface area contributed by atoms with Gasteiger partial charge in [0.1, 0.15) is 0 Å². The van der Waals surface area contributed by atoms with Gasteiger partial charge in [0, 0.05) is 11.4 Å². The summed E-state index contributed by atoms with van der Waals surface area (Å²) in [6.45, 7) is 2.71. The number of thiophene rings is 1. The molecule has 1 amide bonds. The van der Waals surface area contributed by atoms with Crippen LogP contribution in [0.15, 0.2) is 29.7 Å². The maximum Gasteiger partial charge on any atom is 0.225 e. The molecule has 0 aromatic carbocycles. The van der Waals surface area contributed by atoms with Crippen LogP contribution in [0.2, 0.25) is 0 Å². The van der Waals surface area contributed by atoms with Crippen LogP contribution in [-0.4, -0.2) is 12.5 Å². The van der Waals surface area contributed by atoms with Gasteiger partial charge in [-0.3, -0.25) is 4.79 Å². The minimum absolute atomic E-state index is 0.108. The van der Waals surface area contributed by atoms with Crippen molar-refractivity contribution in [3.8, 4) is 0 Å². The first-order chi connectivity index (χ1) is 6.83. The van der Waals surface area contributed by atoms with E-state index in [0.29, 0.717) is 6.42 Å². The molecule has 0 radical (unpaired) electrons. The number of amides is 1. The number of hydrogen-bond acceptors (Lipinski definition) is 2. The van der Waals surface area contributed by atoms with E-state index in [1.54, 1.807) is 11.3 Å². The summed E-state index contributed by atoms with van der Waals surface area (Å²) in [4.78, 5) is 12.5. The number of carbonyl (C=O) groups is 1. The molecule has 1 N–H and O–H groups in total. The summed E-state index contributed by atoms with van der Waals surface area (Å²) in [5.74, 6) is 0.108. The van der Waals surface area contributed by atoms with Crippen molar-refractivity contribution in [1.82, 2.24) is 5.32 Å². The second-order valence-electron chi connectivity index (χ2n) is 2.96. The number of allylic oxidation sites excluding steroid dienone is 1. The highest BCUT2D eigenvalue weighted by atomic mass is 32.1. The second-order valence-corrected chi connectivity index (χ2v) is 4.00. The number of hydrogen-bond donors (Lipinski definition) is 1. The Hall–Kier alpha value is -1.09. The molecule has 1 aromatic heterocycles. The smallest absolute Gasteiger partial charge is 0.225 e. The fourth-order valence-corrected chi connectivity index (χ4v) is 1.80. The van der Waals surface area contributed by atoms with Gasteiger partial charge in [-0.2, -0.15) is 0 Å². The van der Waals surface area contributed by atoms with Gasteiger partial charge in [-0.25, -0.2) is 0 Å². The average Bonchev–Trinajstić information content (AvgIpc) is 2.65. The molecule has 0 bridgehead atoms. The van der Waals surface area contributed by atoms with Gasteiger partial charge >= 0.3 is 0 Å². The minimum Gasteiger partial charge on any atom is -0.355 e. The maximum absolute atomic E-state index is 11.3.